The number of rotatable bonds is 0. The van der Waals surface area contributed by atoms with Gasteiger partial charge in [0.25, 0.3) is 0 Å². The van der Waals surface area contributed by atoms with E-state index < -0.39 is 0 Å². The van der Waals surface area contributed by atoms with Crippen LogP contribution in [0.4, 0.5) is 0 Å². The van der Waals surface area contributed by atoms with Gasteiger partial charge in [0.2, 0.25) is 0 Å². The van der Waals surface area contributed by atoms with E-state index in [4.69, 9.17) is 5.73 Å². The fraction of sp³-hybridized carbons (Fsp3) is 0.167. The molecule has 8 heavy (non-hydrogen) atoms. The second-order valence-corrected chi connectivity index (χ2v) is 1.75. The maximum atomic E-state index is 5.49. The number of nitrogens with two attached hydrogens (primary N) is 1. The van der Waals surface area contributed by atoms with E-state index in [1.165, 1.54) is 0 Å². The molecule has 2 heteroatoms. The third kappa shape index (κ3) is 0.832. The number of nitrogens with one attached hydrogen (secondary N) is 1. The highest BCUT2D eigenvalue weighted by Crippen LogP contribution is 2.05. The molecule has 0 aromatic carbocycles. The second-order valence-electron chi connectivity index (χ2n) is 1.75. The van der Waals surface area contributed by atoms with Gasteiger partial charge in [-0.3, -0.25) is 0 Å². The molecule has 43 valence electrons. The maximum absolute atomic E-state index is 5.49. The Bertz CT molecular complexity index is 135. The fourth-order valence-electron chi connectivity index (χ4n) is 0.533. The van der Waals surface area contributed by atoms with Crippen molar-refractivity contribution in [2.75, 3.05) is 0 Å². The molecule has 1 radical (unpaired) electrons. The Morgan fingerprint density at radius 1 is 1.62 bits per heavy atom. The van der Waals surface area contributed by atoms with Crippen LogP contribution in [0.2, 0.25) is 0 Å². The van der Waals surface area contributed by atoms with Gasteiger partial charge < -0.3 is 11.1 Å². The molecule has 0 aromatic heterocycles. The molecule has 1 rings (SSSR count). The van der Waals surface area contributed by atoms with E-state index in [1.54, 1.807) is 0 Å². The number of allylic oxidation sites excluding steroid dienone is 2. The largest absolute Gasteiger partial charge is 0.400 e. The highest BCUT2D eigenvalue weighted by atomic mass is 14.9. The number of dihydropyridines is 1. The maximum Gasteiger partial charge on any atom is 0.102 e. The summed E-state index contributed by atoms with van der Waals surface area (Å²) in [6.07, 6.45) is 5.60. The fourth-order valence-corrected chi connectivity index (χ4v) is 0.533. The Kier molecular flexibility index (Phi) is 1.24. The van der Waals surface area contributed by atoms with Crippen LogP contribution in [0.25, 0.3) is 0 Å². The molecular formula is C6H9N2. The van der Waals surface area contributed by atoms with Gasteiger partial charge in [-0.1, -0.05) is 0 Å². The van der Waals surface area contributed by atoms with E-state index in [1.807, 2.05) is 25.3 Å². The van der Waals surface area contributed by atoms with E-state index in [0.29, 0.717) is 0 Å². The zero-order valence-electron chi connectivity index (χ0n) is 4.81. The first-order valence-corrected chi connectivity index (χ1v) is 2.53. The predicted octanol–water partition coefficient (Wildman–Crippen LogP) is 0.498. The first-order chi connectivity index (χ1) is 3.80. The molecule has 0 unspecified atom stereocenters. The molecule has 0 aromatic rings. The standard InChI is InChI=1S/C6H9N2/c1-5-6(7)3-2-4-8-5/h2-4,8H,7H2,1H3. The average Bonchev–Trinajstić information content (AvgIpc) is 1.77. The van der Waals surface area contributed by atoms with Gasteiger partial charge >= 0.3 is 0 Å². The van der Waals surface area contributed by atoms with Crippen LogP contribution in [0, 0.1) is 6.04 Å². The van der Waals surface area contributed by atoms with Crippen molar-refractivity contribution in [3.8, 4) is 0 Å². The molecule has 0 saturated heterocycles. The molecule has 0 spiro atoms. The van der Waals surface area contributed by atoms with Crippen molar-refractivity contribution in [2.24, 2.45) is 5.73 Å². The van der Waals surface area contributed by atoms with Gasteiger partial charge in [-0.05, 0) is 25.3 Å². The lowest BCUT2D eigenvalue weighted by atomic mass is 10.2. The summed E-state index contributed by atoms with van der Waals surface area (Å²) >= 11 is 0. The van der Waals surface area contributed by atoms with Crippen LogP contribution in [0.15, 0.2) is 24.0 Å². The summed E-state index contributed by atoms with van der Waals surface area (Å²) < 4.78 is 0. The van der Waals surface area contributed by atoms with Crippen molar-refractivity contribution in [3.63, 3.8) is 0 Å². The normalized spacial score (nSPS) is 19.9. The van der Waals surface area contributed by atoms with Crippen molar-refractivity contribution in [2.45, 2.75) is 6.92 Å². The summed E-state index contributed by atoms with van der Waals surface area (Å²) in [5.74, 6) is 0. The Morgan fingerprint density at radius 2 is 2.38 bits per heavy atom. The lowest BCUT2D eigenvalue weighted by molar-refractivity contribution is 0.872. The van der Waals surface area contributed by atoms with Gasteiger partial charge in [0.15, 0.2) is 0 Å². The summed E-state index contributed by atoms with van der Waals surface area (Å²) in [4.78, 5) is 0. The summed E-state index contributed by atoms with van der Waals surface area (Å²) in [5, 5.41) is 2.97. The highest BCUT2D eigenvalue weighted by Gasteiger charge is 2.03. The second kappa shape index (κ2) is 1.90. The molecule has 0 aliphatic carbocycles. The van der Waals surface area contributed by atoms with Crippen molar-refractivity contribution in [1.29, 1.82) is 0 Å². The molecule has 1 aliphatic rings. The van der Waals surface area contributed by atoms with Crippen molar-refractivity contribution >= 4 is 0 Å². The van der Waals surface area contributed by atoms with Gasteiger partial charge in [0, 0.05) is 5.70 Å². The average molecular weight is 109 g/mol. The van der Waals surface area contributed by atoms with E-state index in [0.717, 1.165) is 11.7 Å². The Hall–Kier alpha value is -0.920. The molecule has 2 nitrogen and oxygen atoms in total. The molecule has 0 atom stereocenters. The van der Waals surface area contributed by atoms with E-state index in [9.17, 15) is 0 Å². The first kappa shape index (κ1) is 5.22. The minimum Gasteiger partial charge on any atom is -0.400 e. The molecule has 0 saturated carbocycles. The Morgan fingerprint density at radius 3 is 2.75 bits per heavy atom. The third-order valence-corrected chi connectivity index (χ3v) is 1.10. The summed E-state index contributed by atoms with van der Waals surface area (Å²) in [6, 6.07) is 1.02. The summed E-state index contributed by atoms with van der Waals surface area (Å²) in [6.45, 7) is 1.94. The number of hydrogen-bond donors (Lipinski definition) is 2. The topological polar surface area (TPSA) is 38.0 Å². The molecule has 3 N–H and O–H groups in total. The van der Waals surface area contributed by atoms with E-state index in [2.05, 4.69) is 5.32 Å². The summed E-state index contributed by atoms with van der Waals surface area (Å²) in [7, 11) is 0. The zero-order valence-corrected chi connectivity index (χ0v) is 4.81. The minimum atomic E-state index is 0.813. The smallest absolute Gasteiger partial charge is 0.102 e. The van der Waals surface area contributed by atoms with Crippen LogP contribution < -0.4 is 11.1 Å². The van der Waals surface area contributed by atoms with E-state index in [-0.39, 0.29) is 0 Å². The van der Waals surface area contributed by atoms with Crippen molar-refractivity contribution in [1.82, 2.24) is 5.32 Å². The lowest BCUT2D eigenvalue weighted by Gasteiger charge is -2.12. The minimum absolute atomic E-state index is 0.813. The Balaban J connectivity index is 2.66. The first-order valence-electron chi connectivity index (χ1n) is 2.53. The van der Waals surface area contributed by atoms with Crippen LogP contribution in [0.1, 0.15) is 6.92 Å². The molecule has 1 aliphatic heterocycles. The van der Waals surface area contributed by atoms with Crippen molar-refractivity contribution in [3.05, 3.63) is 30.1 Å². The van der Waals surface area contributed by atoms with Gasteiger partial charge in [-0.15, -0.1) is 0 Å². The van der Waals surface area contributed by atoms with Crippen LogP contribution in [0.5, 0.6) is 0 Å². The molecule has 0 amide bonds. The SMILES string of the molecule is C[C]1NC=CC=C1N. The highest BCUT2D eigenvalue weighted by molar-refractivity contribution is 5.27. The summed E-state index contributed by atoms with van der Waals surface area (Å²) in [5.41, 5.74) is 6.30. The van der Waals surface area contributed by atoms with Gasteiger partial charge in [0.05, 0.1) is 0 Å². The Labute approximate surface area is 49.1 Å². The van der Waals surface area contributed by atoms with Crippen LogP contribution >= 0.6 is 0 Å². The van der Waals surface area contributed by atoms with Gasteiger partial charge in [-0.25, -0.2) is 0 Å². The predicted molar refractivity (Wildman–Crippen MR) is 33.5 cm³/mol. The van der Waals surface area contributed by atoms with Crippen LogP contribution in [-0.4, -0.2) is 0 Å². The van der Waals surface area contributed by atoms with Crippen LogP contribution in [-0.2, 0) is 0 Å². The molecular weight excluding hydrogens is 100 g/mol. The van der Waals surface area contributed by atoms with Crippen molar-refractivity contribution < 1.29 is 0 Å². The third-order valence-electron chi connectivity index (χ3n) is 1.10. The molecule has 0 fully saturated rings. The lowest BCUT2D eigenvalue weighted by Crippen LogP contribution is -2.20. The molecule has 1 heterocycles. The monoisotopic (exact) mass is 109 g/mol. The van der Waals surface area contributed by atoms with Gasteiger partial charge in [-0.2, -0.15) is 0 Å². The zero-order chi connectivity index (χ0) is 5.98. The number of hydrogen-bond acceptors (Lipinski definition) is 2. The van der Waals surface area contributed by atoms with Crippen LogP contribution in [0.3, 0.4) is 0 Å². The van der Waals surface area contributed by atoms with Gasteiger partial charge in [0.1, 0.15) is 6.04 Å². The van der Waals surface area contributed by atoms with E-state index >= 15 is 0 Å². The molecule has 0 bridgehead atoms. The quantitative estimate of drug-likeness (QED) is 0.475.